The summed E-state index contributed by atoms with van der Waals surface area (Å²) < 4.78 is 18.8. The number of halogens is 3. The smallest absolute Gasteiger partial charge is 0.146 e. The molecule has 0 aliphatic carbocycles. The van der Waals surface area contributed by atoms with Crippen LogP contribution in [-0.4, -0.2) is 6.61 Å². The van der Waals surface area contributed by atoms with Crippen LogP contribution in [0.4, 0.5) is 10.1 Å². The number of nitrogens with two attached hydrogens (primary N) is 1. The lowest BCUT2D eigenvalue weighted by atomic mass is 10.0. The minimum atomic E-state index is -0.487. The van der Waals surface area contributed by atoms with Crippen molar-refractivity contribution in [1.82, 2.24) is 0 Å². The number of benzene rings is 2. The zero-order valence-electron chi connectivity index (χ0n) is 10.2. The van der Waals surface area contributed by atoms with Gasteiger partial charge in [0.2, 0.25) is 0 Å². The lowest BCUT2D eigenvalue weighted by molar-refractivity contribution is 0.340. The van der Waals surface area contributed by atoms with Gasteiger partial charge in [0, 0.05) is 17.2 Å². The number of para-hydroxylation sites is 1. The summed E-state index contributed by atoms with van der Waals surface area (Å²) in [7, 11) is 0. The van der Waals surface area contributed by atoms with Crippen molar-refractivity contribution in [2.75, 3.05) is 12.3 Å². The molecular weight excluding hydrogens is 288 g/mol. The molecule has 2 aromatic carbocycles. The molecule has 0 aliphatic heterocycles. The van der Waals surface area contributed by atoms with Gasteiger partial charge in [-0.05, 0) is 19.1 Å². The van der Waals surface area contributed by atoms with Gasteiger partial charge < -0.3 is 10.5 Å². The third kappa shape index (κ3) is 2.77. The number of ether oxygens (including phenoxy) is 1. The summed E-state index contributed by atoms with van der Waals surface area (Å²) in [4.78, 5) is 0. The predicted octanol–water partition coefficient (Wildman–Crippen LogP) is 4.78. The molecule has 19 heavy (non-hydrogen) atoms. The van der Waals surface area contributed by atoms with Gasteiger partial charge in [-0.15, -0.1) is 0 Å². The Morgan fingerprint density at radius 3 is 2.58 bits per heavy atom. The Bertz CT molecular complexity index is 617. The topological polar surface area (TPSA) is 35.2 Å². The first kappa shape index (κ1) is 14.0. The van der Waals surface area contributed by atoms with Crippen molar-refractivity contribution < 1.29 is 9.13 Å². The van der Waals surface area contributed by atoms with Crippen molar-refractivity contribution in [2.24, 2.45) is 0 Å². The summed E-state index contributed by atoms with van der Waals surface area (Å²) in [5, 5.41) is 0.815. The minimum Gasteiger partial charge on any atom is -0.492 e. The van der Waals surface area contributed by atoms with Gasteiger partial charge >= 0.3 is 0 Å². The average Bonchev–Trinajstić information content (AvgIpc) is 2.37. The molecule has 5 heteroatoms. The Labute approximate surface area is 120 Å². The van der Waals surface area contributed by atoms with Crippen LogP contribution in [0.15, 0.2) is 30.3 Å². The van der Waals surface area contributed by atoms with E-state index in [1.165, 1.54) is 6.07 Å². The molecular formula is C14H12Cl2FNO. The van der Waals surface area contributed by atoms with Crippen LogP contribution in [0.3, 0.4) is 0 Å². The molecule has 0 aliphatic rings. The fraction of sp³-hybridized carbons (Fsp3) is 0.143. The standard InChI is InChI=1S/C14H12Cl2FNO/c1-2-19-13-7-10(15)9(6-11(13)16)8-4-3-5-12(17)14(8)18/h3-7H,2,18H2,1H3. The van der Waals surface area contributed by atoms with Crippen LogP contribution in [0.5, 0.6) is 5.75 Å². The second kappa shape index (κ2) is 5.68. The molecule has 0 spiro atoms. The number of hydrogen-bond donors (Lipinski definition) is 1. The SMILES string of the molecule is CCOc1cc(Cl)c(-c2cccc(F)c2N)cc1Cl. The van der Waals surface area contributed by atoms with Gasteiger partial charge in [0.15, 0.2) is 0 Å². The molecule has 0 radical (unpaired) electrons. The zero-order chi connectivity index (χ0) is 14.0. The van der Waals surface area contributed by atoms with Gasteiger partial charge in [-0.25, -0.2) is 4.39 Å². The molecule has 0 fully saturated rings. The molecule has 0 bridgehead atoms. The first-order chi connectivity index (χ1) is 9.04. The van der Waals surface area contributed by atoms with Crippen molar-refractivity contribution in [1.29, 1.82) is 0 Å². The molecule has 2 nitrogen and oxygen atoms in total. The van der Waals surface area contributed by atoms with Crippen molar-refractivity contribution in [3.05, 3.63) is 46.2 Å². The molecule has 0 saturated carbocycles. The Kier molecular flexibility index (Phi) is 4.17. The highest BCUT2D eigenvalue weighted by molar-refractivity contribution is 6.36. The van der Waals surface area contributed by atoms with Gasteiger partial charge in [-0.1, -0.05) is 35.3 Å². The van der Waals surface area contributed by atoms with Gasteiger partial charge in [0.05, 0.1) is 22.3 Å². The molecule has 0 saturated heterocycles. The van der Waals surface area contributed by atoms with Gasteiger partial charge in [0.1, 0.15) is 11.6 Å². The fourth-order valence-corrected chi connectivity index (χ4v) is 2.25. The van der Waals surface area contributed by atoms with E-state index >= 15 is 0 Å². The molecule has 2 aromatic rings. The minimum absolute atomic E-state index is 0.0460. The van der Waals surface area contributed by atoms with Crippen LogP contribution < -0.4 is 10.5 Å². The summed E-state index contributed by atoms with van der Waals surface area (Å²) in [5.74, 6) is 0.00599. The summed E-state index contributed by atoms with van der Waals surface area (Å²) in [6.07, 6.45) is 0. The monoisotopic (exact) mass is 299 g/mol. The summed E-state index contributed by atoms with van der Waals surface area (Å²) in [6.45, 7) is 2.33. The molecule has 0 aromatic heterocycles. The van der Waals surface area contributed by atoms with Gasteiger partial charge in [0.25, 0.3) is 0 Å². The first-order valence-corrected chi connectivity index (χ1v) is 6.46. The summed E-state index contributed by atoms with van der Waals surface area (Å²) >= 11 is 12.3. The van der Waals surface area contributed by atoms with E-state index < -0.39 is 5.82 Å². The molecule has 0 amide bonds. The highest BCUT2D eigenvalue weighted by atomic mass is 35.5. The van der Waals surface area contributed by atoms with Crippen LogP contribution in [0, 0.1) is 5.82 Å². The first-order valence-electron chi connectivity index (χ1n) is 5.70. The maximum atomic E-state index is 13.5. The number of hydrogen-bond acceptors (Lipinski definition) is 2. The van der Waals surface area contributed by atoms with E-state index in [1.807, 2.05) is 6.92 Å². The van der Waals surface area contributed by atoms with Crippen LogP contribution in [0.1, 0.15) is 6.92 Å². The Morgan fingerprint density at radius 2 is 1.89 bits per heavy atom. The zero-order valence-corrected chi connectivity index (χ0v) is 11.7. The normalized spacial score (nSPS) is 10.5. The third-order valence-electron chi connectivity index (χ3n) is 2.66. The molecule has 0 atom stereocenters. The Hall–Kier alpha value is -1.45. The molecule has 2 rings (SSSR count). The number of rotatable bonds is 3. The van der Waals surface area contributed by atoms with Crippen molar-refractivity contribution in [3.63, 3.8) is 0 Å². The van der Waals surface area contributed by atoms with E-state index in [1.54, 1.807) is 24.3 Å². The van der Waals surface area contributed by atoms with E-state index in [9.17, 15) is 4.39 Å². The Balaban J connectivity index is 2.57. The average molecular weight is 300 g/mol. The van der Waals surface area contributed by atoms with Gasteiger partial charge in [-0.2, -0.15) is 0 Å². The second-order valence-electron chi connectivity index (χ2n) is 3.90. The maximum Gasteiger partial charge on any atom is 0.146 e. The third-order valence-corrected chi connectivity index (χ3v) is 3.27. The second-order valence-corrected chi connectivity index (χ2v) is 4.71. The largest absolute Gasteiger partial charge is 0.492 e. The van der Waals surface area contributed by atoms with E-state index in [0.29, 0.717) is 33.5 Å². The fourth-order valence-electron chi connectivity index (χ4n) is 1.77. The summed E-state index contributed by atoms with van der Waals surface area (Å²) in [5.41, 5.74) is 6.85. The van der Waals surface area contributed by atoms with E-state index in [-0.39, 0.29) is 5.69 Å². The van der Waals surface area contributed by atoms with Crippen molar-refractivity contribution in [3.8, 4) is 16.9 Å². The quantitative estimate of drug-likeness (QED) is 0.828. The lowest BCUT2D eigenvalue weighted by Gasteiger charge is -2.12. The summed E-state index contributed by atoms with van der Waals surface area (Å²) in [6, 6.07) is 7.79. The highest BCUT2D eigenvalue weighted by Gasteiger charge is 2.13. The molecule has 2 N–H and O–H groups in total. The van der Waals surface area contributed by atoms with E-state index in [4.69, 9.17) is 33.7 Å². The van der Waals surface area contributed by atoms with Crippen molar-refractivity contribution in [2.45, 2.75) is 6.92 Å². The van der Waals surface area contributed by atoms with E-state index in [0.717, 1.165) is 0 Å². The highest BCUT2D eigenvalue weighted by Crippen LogP contribution is 2.39. The number of anilines is 1. The molecule has 0 unspecified atom stereocenters. The van der Waals surface area contributed by atoms with Crippen LogP contribution in [0.2, 0.25) is 10.0 Å². The van der Waals surface area contributed by atoms with E-state index in [2.05, 4.69) is 0 Å². The Morgan fingerprint density at radius 1 is 1.16 bits per heavy atom. The van der Waals surface area contributed by atoms with Crippen LogP contribution >= 0.6 is 23.2 Å². The van der Waals surface area contributed by atoms with Gasteiger partial charge in [-0.3, -0.25) is 0 Å². The van der Waals surface area contributed by atoms with Crippen LogP contribution in [0.25, 0.3) is 11.1 Å². The predicted molar refractivity (Wildman–Crippen MR) is 77.4 cm³/mol. The number of nitrogen functional groups attached to an aromatic ring is 1. The van der Waals surface area contributed by atoms with Crippen molar-refractivity contribution >= 4 is 28.9 Å². The van der Waals surface area contributed by atoms with Crippen LogP contribution in [-0.2, 0) is 0 Å². The molecule has 100 valence electrons. The molecule has 0 heterocycles. The lowest BCUT2D eigenvalue weighted by Crippen LogP contribution is -1.96. The maximum absolute atomic E-state index is 13.5.